The molecule has 3 N–H and O–H groups in total. The molecule has 0 aliphatic heterocycles. The summed E-state index contributed by atoms with van der Waals surface area (Å²) in [5.41, 5.74) is 7.66. The predicted molar refractivity (Wildman–Crippen MR) is 57.8 cm³/mol. The monoisotopic (exact) mass is 189 g/mol. The highest BCUT2D eigenvalue weighted by atomic mass is 16.2. The van der Waals surface area contributed by atoms with E-state index in [2.05, 4.69) is 11.8 Å². The lowest BCUT2D eigenvalue weighted by molar-refractivity contribution is 0.305. The average molecular weight is 189 g/mol. The van der Waals surface area contributed by atoms with Gasteiger partial charge in [0.1, 0.15) is 0 Å². The topological polar surface area (TPSA) is 46.2 Å². The molecule has 0 saturated carbocycles. The highest BCUT2D eigenvalue weighted by Gasteiger charge is 1.90. The van der Waals surface area contributed by atoms with Crippen molar-refractivity contribution in [1.82, 2.24) is 0 Å². The summed E-state index contributed by atoms with van der Waals surface area (Å²) in [6.07, 6.45) is 1.44. The molecule has 0 atom stereocenters. The lowest BCUT2D eigenvalue weighted by Crippen LogP contribution is -2.02. The van der Waals surface area contributed by atoms with Gasteiger partial charge in [-0.25, -0.2) is 0 Å². The number of rotatable bonds is 3. The minimum Gasteiger partial charge on any atom is -0.395 e. The van der Waals surface area contributed by atoms with Gasteiger partial charge in [-0.3, -0.25) is 0 Å². The molecule has 74 valence electrons. The van der Waals surface area contributed by atoms with Crippen LogP contribution in [0.4, 0.5) is 0 Å². The lowest BCUT2D eigenvalue weighted by atomic mass is 10.1. The smallest absolute Gasteiger partial charge is 0.0540 e. The Morgan fingerprint density at radius 2 is 1.93 bits per heavy atom. The number of aliphatic hydroxyl groups excluding tert-OH is 1. The average Bonchev–Trinajstić information content (AvgIpc) is 2.21. The quantitative estimate of drug-likeness (QED) is 0.695. The molecule has 2 heteroatoms. The summed E-state index contributed by atoms with van der Waals surface area (Å²) in [5, 5.41) is 8.54. The standard InChI is InChI=1S/C12H15NO/c13-9-8-12-6-4-11(5-7-12)3-1-2-10-14/h4-7,14H,2,8-10,13H2. The molecule has 0 spiro atoms. The third-order valence-corrected chi connectivity index (χ3v) is 1.86. The van der Waals surface area contributed by atoms with Gasteiger partial charge in [0, 0.05) is 12.0 Å². The summed E-state index contributed by atoms with van der Waals surface area (Å²) in [7, 11) is 0. The van der Waals surface area contributed by atoms with Gasteiger partial charge in [-0.1, -0.05) is 24.0 Å². The third-order valence-electron chi connectivity index (χ3n) is 1.86. The molecule has 0 saturated heterocycles. The van der Waals surface area contributed by atoms with E-state index in [-0.39, 0.29) is 6.61 Å². The summed E-state index contributed by atoms with van der Waals surface area (Å²) >= 11 is 0. The normalized spacial score (nSPS) is 9.29. The van der Waals surface area contributed by atoms with Crippen LogP contribution in [0.1, 0.15) is 17.5 Å². The van der Waals surface area contributed by atoms with E-state index >= 15 is 0 Å². The van der Waals surface area contributed by atoms with Gasteiger partial charge in [0.15, 0.2) is 0 Å². The van der Waals surface area contributed by atoms with Crippen LogP contribution in [0.25, 0.3) is 0 Å². The Morgan fingerprint density at radius 3 is 2.50 bits per heavy atom. The number of hydrogen-bond acceptors (Lipinski definition) is 2. The zero-order valence-electron chi connectivity index (χ0n) is 8.16. The summed E-state index contributed by atoms with van der Waals surface area (Å²) in [6, 6.07) is 8.04. The van der Waals surface area contributed by atoms with E-state index in [0.29, 0.717) is 13.0 Å². The molecule has 0 amide bonds. The molecular weight excluding hydrogens is 174 g/mol. The van der Waals surface area contributed by atoms with Crippen LogP contribution in [-0.4, -0.2) is 18.3 Å². The van der Waals surface area contributed by atoms with Crippen molar-refractivity contribution in [3.63, 3.8) is 0 Å². The van der Waals surface area contributed by atoms with Crippen LogP contribution in [0.5, 0.6) is 0 Å². The van der Waals surface area contributed by atoms with Gasteiger partial charge in [-0.05, 0) is 30.7 Å². The van der Waals surface area contributed by atoms with Crippen LogP contribution in [0.3, 0.4) is 0 Å². The van der Waals surface area contributed by atoms with Crippen LogP contribution in [0.2, 0.25) is 0 Å². The molecule has 0 aromatic heterocycles. The van der Waals surface area contributed by atoms with Crippen LogP contribution >= 0.6 is 0 Å². The Kier molecular flexibility index (Phi) is 4.77. The summed E-state index contributed by atoms with van der Waals surface area (Å²) in [6.45, 7) is 0.799. The number of benzene rings is 1. The Hall–Kier alpha value is -1.30. The molecule has 1 aromatic rings. The zero-order chi connectivity index (χ0) is 10.2. The summed E-state index contributed by atoms with van der Waals surface area (Å²) < 4.78 is 0. The van der Waals surface area contributed by atoms with E-state index in [0.717, 1.165) is 12.0 Å². The first-order valence-corrected chi connectivity index (χ1v) is 4.75. The summed E-state index contributed by atoms with van der Waals surface area (Å²) in [4.78, 5) is 0. The molecule has 1 rings (SSSR count). The van der Waals surface area contributed by atoms with E-state index < -0.39 is 0 Å². The van der Waals surface area contributed by atoms with Crippen molar-refractivity contribution in [2.45, 2.75) is 12.8 Å². The van der Waals surface area contributed by atoms with E-state index in [9.17, 15) is 0 Å². The Bertz CT molecular complexity index is 318. The second-order valence-corrected chi connectivity index (χ2v) is 3.01. The number of aliphatic hydroxyl groups is 1. The first-order valence-electron chi connectivity index (χ1n) is 4.75. The summed E-state index contributed by atoms with van der Waals surface area (Å²) in [5.74, 6) is 5.85. The van der Waals surface area contributed by atoms with Crippen molar-refractivity contribution in [1.29, 1.82) is 0 Å². The largest absolute Gasteiger partial charge is 0.395 e. The van der Waals surface area contributed by atoms with Crippen molar-refractivity contribution >= 4 is 0 Å². The lowest BCUT2D eigenvalue weighted by Gasteiger charge is -1.97. The Balaban J connectivity index is 2.60. The maximum Gasteiger partial charge on any atom is 0.0540 e. The van der Waals surface area contributed by atoms with Crippen LogP contribution in [0.15, 0.2) is 24.3 Å². The maximum atomic E-state index is 8.54. The van der Waals surface area contributed by atoms with Crippen molar-refractivity contribution in [2.24, 2.45) is 5.73 Å². The zero-order valence-corrected chi connectivity index (χ0v) is 8.16. The maximum absolute atomic E-state index is 8.54. The second kappa shape index (κ2) is 6.20. The van der Waals surface area contributed by atoms with E-state index in [1.807, 2.05) is 24.3 Å². The first kappa shape index (κ1) is 10.8. The fourth-order valence-electron chi connectivity index (χ4n) is 1.14. The van der Waals surface area contributed by atoms with Crippen LogP contribution < -0.4 is 5.73 Å². The highest BCUT2D eigenvalue weighted by Crippen LogP contribution is 2.03. The van der Waals surface area contributed by atoms with Crippen molar-refractivity contribution in [3.05, 3.63) is 35.4 Å². The Morgan fingerprint density at radius 1 is 1.21 bits per heavy atom. The van der Waals surface area contributed by atoms with Crippen molar-refractivity contribution in [3.8, 4) is 11.8 Å². The van der Waals surface area contributed by atoms with Gasteiger partial charge in [-0.15, -0.1) is 0 Å². The molecular formula is C12H15NO. The minimum absolute atomic E-state index is 0.123. The fourth-order valence-corrected chi connectivity index (χ4v) is 1.14. The molecule has 1 aromatic carbocycles. The predicted octanol–water partition coefficient (Wildman–Crippen LogP) is 0.922. The van der Waals surface area contributed by atoms with Gasteiger partial charge in [0.25, 0.3) is 0 Å². The molecule has 14 heavy (non-hydrogen) atoms. The third kappa shape index (κ3) is 3.61. The van der Waals surface area contributed by atoms with Gasteiger partial charge in [0.2, 0.25) is 0 Å². The fraction of sp³-hybridized carbons (Fsp3) is 0.333. The number of nitrogens with two attached hydrogens (primary N) is 1. The van der Waals surface area contributed by atoms with Crippen LogP contribution in [-0.2, 0) is 6.42 Å². The highest BCUT2D eigenvalue weighted by molar-refractivity contribution is 5.36. The van der Waals surface area contributed by atoms with Gasteiger partial charge >= 0.3 is 0 Å². The SMILES string of the molecule is NCCc1ccc(C#CCCO)cc1. The number of hydrogen-bond donors (Lipinski definition) is 2. The molecule has 0 aliphatic carbocycles. The van der Waals surface area contributed by atoms with E-state index in [1.54, 1.807) is 0 Å². The van der Waals surface area contributed by atoms with Gasteiger partial charge < -0.3 is 10.8 Å². The molecule has 0 radical (unpaired) electrons. The van der Waals surface area contributed by atoms with Crippen molar-refractivity contribution < 1.29 is 5.11 Å². The molecule has 0 heterocycles. The molecule has 0 bridgehead atoms. The second-order valence-electron chi connectivity index (χ2n) is 3.01. The van der Waals surface area contributed by atoms with E-state index in [4.69, 9.17) is 10.8 Å². The molecule has 0 aliphatic rings. The Labute approximate surface area is 84.8 Å². The molecule has 0 fully saturated rings. The molecule has 2 nitrogen and oxygen atoms in total. The minimum atomic E-state index is 0.123. The van der Waals surface area contributed by atoms with E-state index in [1.165, 1.54) is 5.56 Å². The van der Waals surface area contributed by atoms with Crippen molar-refractivity contribution in [2.75, 3.05) is 13.2 Å². The van der Waals surface area contributed by atoms with Crippen LogP contribution in [0, 0.1) is 11.8 Å². The van der Waals surface area contributed by atoms with Gasteiger partial charge in [0.05, 0.1) is 6.61 Å². The van der Waals surface area contributed by atoms with Gasteiger partial charge in [-0.2, -0.15) is 0 Å². The molecule has 0 unspecified atom stereocenters. The first-order chi connectivity index (χ1) is 6.86.